The first-order valence-electron chi connectivity index (χ1n) is 6.73. The lowest BCUT2D eigenvalue weighted by Gasteiger charge is -2.06. The van der Waals surface area contributed by atoms with Crippen molar-refractivity contribution in [2.75, 3.05) is 12.4 Å². The summed E-state index contributed by atoms with van der Waals surface area (Å²) in [6.45, 7) is -0.0565. The molecule has 0 atom stereocenters. The number of benzene rings is 2. The van der Waals surface area contributed by atoms with Crippen molar-refractivity contribution in [3.63, 3.8) is 0 Å². The quantitative estimate of drug-likeness (QED) is 0.503. The fourth-order valence-electron chi connectivity index (χ4n) is 1.92. The van der Waals surface area contributed by atoms with Crippen molar-refractivity contribution < 1.29 is 22.5 Å². The average molecular weight is 320 g/mol. The maximum Gasteiger partial charge on any atom is 0.338 e. The Bertz CT molecular complexity index is 721. The van der Waals surface area contributed by atoms with Gasteiger partial charge in [-0.25, -0.2) is 4.79 Å². The van der Waals surface area contributed by atoms with E-state index in [2.05, 4.69) is 0 Å². The van der Waals surface area contributed by atoms with Crippen LogP contribution >= 0.6 is 0 Å². The summed E-state index contributed by atoms with van der Waals surface area (Å²) in [6, 6.07) is 16.7. The molecule has 0 radical (unpaired) electrons. The van der Waals surface area contributed by atoms with Crippen LogP contribution in [0.1, 0.15) is 16.8 Å². The molecule has 0 aromatic heterocycles. The highest BCUT2D eigenvalue weighted by atomic mass is 32.2. The number of esters is 1. The van der Waals surface area contributed by atoms with Crippen molar-refractivity contribution in [3.8, 4) is 11.1 Å². The van der Waals surface area contributed by atoms with Gasteiger partial charge in [-0.1, -0.05) is 42.5 Å². The SMILES string of the molecule is O=C(OCCCS(=O)(=O)O)c1ccc(-c2ccccc2)cc1. The van der Waals surface area contributed by atoms with E-state index in [9.17, 15) is 13.2 Å². The molecule has 0 fully saturated rings. The molecule has 1 N–H and O–H groups in total. The van der Waals surface area contributed by atoms with Crippen LogP contribution in [-0.2, 0) is 14.9 Å². The van der Waals surface area contributed by atoms with Crippen molar-refractivity contribution in [1.82, 2.24) is 0 Å². The van der Waals surface area contributed by atoms with Gasteiger partial charge in [-0.15, -0.1) is 0 Å². The van der Waals surface area contributed by atoms with E-state index < -0.39 is 21.8 Å². The number of hydrogen-bond donors (Lipinski definition) is 1. The maximum absolute atomic E-state index is 11.8. The number of carbonyl (C=O) groups excluding carboxylic acids is 1. The first-order valence-corrected chi connectivity index (χ1v) is 8.34. The van der Waals surface area contributed by atoms with Crippen LogP contribution in [0.4, 0.5) is 0 Å². The Kier molecular flexibility index (Phi) is 5.30. The summed E-state index contributed by atoms with van der Waals surface area (Å²) >= 11 is 0. The molecule has 0 aliphatic rings. The van der Waals surface area contributed by atoms with Crippen LogP contribution in [0.3, 0.4) is 0 Å². The molecule has 0 aliphatic carbocycles. The Morgan fingerprint density at radius 2 is 1.55 bits per heavy atom. The second kappa shape index (κ2) is 7.20. The lowest BCUT2D eigenvalue weighted by atomic mass is 10.0. The molecule has 5 nitrogen and oxygen atoms in total. The van der Waals surface area contributed by atoms with Gasteiger partial charge in [0.25, 0.3) is 10.1 Å². The molecule has 6 heteroatoms. The van der Waals surface area contributed by atoms with E-state index in [1.165, 1.54) is 0 Å². The molecular formula is C16H16O5S. The van der Waals surface area contributed by atoms with E-state index in [1.54, 1.807) is 12.1 Å². The molecule has 0 saturated heterocycles. The van der Waals surface area contributed by atoms with Gasteiger partial charge in [-0.2, -0.15) is 8.42 Å². The molecular weight excluding hydrogens is 304 g/mol. The molecule has 0 bridgehead atoms. The Labute approximate surface area is 129 Å². The van der Waals surface area contributed by atoms with Crippen molar-refractivity contribution in [2.45, 2.75) is 6.42 Å². The van der Waals surface area contributed by atoms with E-state index in [4.69, 9.17) is 9.29 Å². The average Bonchev–Trinajstić information content (AvgIpc) is 2.51. The van der Waals surface area contributed by atoms with Gasteiger partial charge >= 0.3 is 5.97 Å². The monoisotopic (exact) mass is 320 g/mol. The van der Waals surface area contributed by atoms with Crippen molar-refractivity contribution in [2.24, 2.45) is 0 Å². The molecule has 2 rings (SSSR count). The highest BCUT2D eigenvalue weighted by Crippen LogP contribution is 2.19. The summed E-state index contributed by atoms with van der Waals surface area (Å²) in [5.74, 6) is -0.942. The van der Waals surface area contributed by atoms with Gasteiger partial charge in [-0.05, 0) is 29.7 Å². The van der Waals surface area contributed by atoms with Crippen LogP contribution < -0.4 is 0 Å². The zero-order valence-corrected chi connectivity index (χ0v) is 12.6. The van der Waals surface area contributed by atoms with Gasteiger partial charge in [0.05, 0.1) is 17.9 Å². The van der Waals surface area contributed by atoms with Crippen LogP contribution in [0.2, 0.25) is 0 Å². The standard InChI is InChI=1S/C16H16O5S/c17-16(21-11-4-12-22(18,19)20)15-9-7-14(8-10-15)13-5-2-1-3-6-13/h1-3,5-10H,4,11-12H2,(H,18,19,20). The molecule has 0 saturated carbocycles. The summed E-state index contributed by atoms with van der Waals surface area (Å²) < 4.78 is 34.6. The van der Waals surface area contributed by atoms with Crippen LogP contribution in [0, 0.1) is 0 Å². The molecule has 0 aliphatic heterocycles. The number of hydrogen-bond acceptors (Lipinski definition) is 4. The molecule has 0 heterocycles. The van der Waals surface area contributed by atoms with Crippen LogP contribution in [0.15, 0.2) is 54.6 Å². The molecule has 0 amide bonds. The smallest absolute Gasteiger partial charge is 0.338 e. The highest BCUT2D eigenvalue weighted by molar-refractivity contribution is 7.85. The Hall–Kier alpha value is -2.18. The van der Waals surface area contributed by atoms with E-state index in [-0.39, 0.29) is 13.0 Å². The third-order valence-corrected chi connectivity index (χ3v) is 3.81. The Morgan fingerprint density at radius 3 is 2.14 bits per heavy atom. The van der Waals surface area contributed by atoms with E-state index in [1.807, 2.05) is 42.5 Å². The van der Waals surface area contributed by atoms with Gasteiger partial charge in [-0.3, -0.25) is 4.55 Å². The normalized spacial score (nSPS) is 11.1. The second-order valence-electron chi connectivity index (χ2n) is 4.72. The Morgan fingerprint density at radius 1 is 0.955 bits per heavy atom. The minimum absolute atomic E-state index is 0.0565. The predicted molar refractivity (Wildman–Crippen MR) is 83.2 cm³/mol. The maximum atomic E-state index is 11.8. The molecule has 0 spiro atoms. The van der Waals surface area contributed by atoms with E-state index in [0.29, 0.717) is 5.56 Å². The minimum Gasteiger partial charge on any atom is -0.462 e. The predicted octanol–water partition coefficient (Wildman–Crippen LogP) is 2.79. The van der Waals surface area contributed by atoms with Gasteiger partial charge in [0.15, 0.2) is 0 Å². The summed E-state index contributed by atoms with van der Waals surface area (Å²) in [5.41, 5.74) is 2.44. The lowest BCUT2D eigenvalue weighted by molar-refractivity contribution is 0.0505. The number of ether oxygens (including phenoxy) is 1. The fourth-order valence-corrected chi connectivity index (χ4v) is 2.40. The minimum atomic E-state index is -4.01. The van der Waals surface area contributed by atoms with Crippen molar-refractivity contribution >= 4 is 16.1 Å². The van der Waals surface area contributed by atoms with E-state index >= 15 is 0 Å². The van der Waals surface area contributed by atoms with Crippen LogP contribution in [0.25, 0.3) is 11.1 Å². The lowest BCUT2D eigenvalue weighted by Crippen LogP contribution is -2.11. The first-order chi connectivity index (χ1) is 10.5. The third-order valence-electron chi connectivity index (χ3n) is 3.01. The third kappa shape index (κ3) is 4.98. The summed E-state index contributed by atoms with van der Waals surface area (Å²) in [5, 5.41) is 0. The molecule has 116 valence electrons. The summed E-state index contributed by atoms with van der Waals surface area (Å²) in [6.07, 6.45) is 0.0622. The van der Waals surface area contributed by atoms with Crippen LogP contribution in [-0.4, -0.2) is 31.3 Å². The van der Waals surface area contributed by atoms with Gasteiger partial charge in [0.1, 0.15) is 0 Å². The molecule has 22 heavy (non-hydrogen) atoms. The van der Waals surface area contributed by atoms with Gasteiger partial charge in [0.2, 0.25) is 0 Å². The van der Waals surface area contributed by atoms with Crippen molar-refractivity contribution in [1.29, 1.82) is 0 Å². The molecule has 0 unspecified atom stereocenters. The zero-order valence-electron chi connectivity index (χ0n) is 11.8. The zero-order chi connectivity index (χ0) is 16.0. The topological polar surface area (TPSA) is 80.7 Å². The molecule has 2 aromatic rings. The van der Waals surface area contributed by atoms with Crippen LogP contribution in [0.5, 0.6) is 0 Å². The largest absolute Gasteiger partial charge is 0.462 e. The highest BCUT2D eigenvalue weighted by Gasteiger charge is 2.09. The summed E-state index contributed by atoms with van der Waals surface area (Å²) in [4.78, 5) is 11.8. The van der Waals surface area contributed by atoms with Crippen molar-refractivity contribution in [3.05, 3.63) is 60.2 Å². The second-order valence-corrected chi connectivity index (χ2v) is 6.29. The number of rotatable bonds is 6. The fraction of sp³-hybridized carbons (Fsp3) is 0.188. The first kappa shape index (κ1) is 16.2. The van der Waals surface area contributed by atoms with Gasteiger partial charge < -0.3 is 4.74 Å². The van der Waals surface area contributed by atoms with Gasteiger partial charge in [0, 0.05) is 0 Å². The van der Waals surface area contributed by atoms with E-state index in [0.717, 1.165) is 11.1 Å². The summed E-state index contributed by atoms with van der Waals surface area (Å²) in [7, 11) is -4.01. The number of carbonyl (C=O) groups is 1. The Balaban J connectivity index is 1.91. The molecule has 2 aromatic carbocycles.